The Kier molecular flexibility index (Phi) is 5.79. The third-order valence-corrected chi connectivity index (χ3v) is 4.57. The zero-order valence-electron chi connectivity index (χ0n) is 12.0. The number of nitrogens with one attached hydrogen (secondary N) is 1. The molecule has 0 radical (unpaired) electrons. The van der Waals surface area contributed by atoms with E-state index >= 15 is 0 Å². The Labute approximate surface area is 124 Å². The normalized spacial score (nSPS) is 19.9. The number of likely N-dealkylation sites (tertiary alicyclic amines) is 1. The summed E-state index contributed by atoms with van der Waals surface area (Å²) in [6.07, 6.45) is 5.10. The van der Waals surface area contributed by atoms with Gasteiger partial charge in [0.05, 0.1) is 12.1 Å². The zero-order valence-corrected chi connectivity index (χ0v) is 12.8. The molecule has 112 valence electrons. The molecule has 0 bridgehead atoms. The fraction of sp³-hybridized carbons (Fsp3) is 0.714. The van der Waals surface area contributed by atoms with Crippen LogP contribution in [0, 0.1) is 0 Å². The second-order valence-corrected chi connectivity index (χ2v) is 6.23. The number of hydrogen-bond donors (Lipinski definition) is 2. The zero-order chi connectivity index (χ0) is 14.4. The van der Waals surface area contributed by atoms with Gasteiger partial charge in [0.2, 0.25) is 0 Å². The summed E-state index contributed by atoms with van der Waals surface area (Å²) in [4.78, 5) is 17.4. The second-order valence-electron chi connectivity index (χ2n) is 5.38. The fourth-order valence-corrected chi connectivity index (χ4v) is 3.33. The van der Waals surface area contributed by atoms with Gasteiger partial charge in [-0.1, -0.05) is 6.42 Å². The molecular weight excluding hydrogens is 274 g/mol. The number of carboxylic acids is 1. The lowest BCUT2D eigenvalue weighted by Crippen LogP contribution is -2.38. The molecule has 0 spiro atoms. The molecule has 1 aliphatic rings. The molecule has 6 heteroatoms. The highest BCUT2D eigenvalue weighted by Crippen LogP contribution is 2.17. The monoisotopic (exact) mass is 297 g/mol. The van der Waals surface area contributed by atoms with Crippen LogP contribution in [0.2, 0.25) is 0 Å². The summed E-state index contributed by atoms with van der Waals surface area (Å²) in [5.41, 5.74) is 0.634. The molecule has 2 N–H and O–H groups in total. The minimum Gasteiger partial charge on any atom is -0.481 e. The van der Waals surface area contributed by atoms with Gasteiger partial charge in [-0.3, -0.25) is 4.79 Å². The van der Waals surface area contributed by atoms with Crippen LogP contribution in [0.4, 0.5) is 5.13 Å². The number of aromatic nitrogens is 1. The number of anilines is 1. The van der Waals surface area contributed by atoms with Crippen LogP contribution in [0.15, 0.2) is 5.38 Å². The van der Waals surface area contributed by atoms with Crippen molar-refractivity contribution in [2.75, 3.05) is 25.0 Å². The van der Waals surface area contributed by atoms with E-state index in [2.05, 4.69) is 22.1 Å². The highest BCUT2D eigenvalue weighted by molar-refractivity contribution is 7.13. The first-order chi connectivity index (χ1) is 9.65. The number of nitrogens with zero attached hydrogens (tertiary/aromatic N) is 2. The molecular formula is C14H23N3O2S. The van der Waals surface area contributed by atoms with Crippen LogP contribution in [0.5, 0.6) is 0 Å². The van der Waals surface area contributed by atoms with Crippen molar-refractivity contribution < 1.29 is 9.90 Å². The summed E-state index contributed by atoms with van der Waals surface area (Å²) >= 11 is 1.48. The molecule has 2 rings (SSSR count). The molecule has 1 aliphatic heterocycles. The van der Waals surface area contributed by atoms with Crippen LogP contribution in [0.25, 0.3) is 0 Å². The molecule has 0 amide bonds. The van der Waals surface area contributed by atoms with E-state index in [-0.39, 0.29) is 6.42 Å². The van der Waals surface area contributed by atoms with Crippen LogP contribution in [-0.4, -0.2) is 46.6 Å². The molecule has 20 heavy (non-hydrogen) atoms. The lowest BCUT2D eigenvalue weighted by Gasteiger charge is -2.33. The summed E-state index contributed by atoms with van der Waals surface area (Å²) < 4.78 is 0. The van der Waals surface area contributed by atoms with E-state index in [0.29, 0.717) is 11.7 Å². The molecule has 1 atom stereocenters. The lowest BCUT2D eigenvalue weighted by atomic mass is 10.0. The van der Waals surface area contributed by atoms with E-state index in [1.807, 2.05) is 5.38 Å². The number of carbonyl (C=O) groups is 1. The third-order valence-electron chi connectivity index (χ3n) is 3.72. The Balaban J connectivity index is 1.65. The summed E-state index contributed by atoms with van der Waals surface area (Å²) in [5, 5.41) is 14.6. The van der Waals surface area contributed by atoms with Crippen molar-refractivity contribution >= 4 is 22.4 Å². The molecule has 2 heterocycles. The predicted octanol–water partition coefficient (Wildman–Crippen LogP) is 2.45. The number of hydrogen-bond acceptors (Lipinski definition) is 5. The van der Waals surface area contributed by atoms with Gasteiger partial charge in [0.1, 0.15) is 0 Å². The largest absolute Gasteiger partial charge is 0.481 e. The van der Waals surface area contributed by atoms with Gasteiger partial charge in [-0.15, -0.1) is 11.3 Å². The van der Waals surface area contributed by atoms with Crippen molar-refractivity contribution in [3.63, 3.8) is 0 Å². The van der Waals surface area contributed by atoms with E-state index in [9.17, 15) is 4.79 Å². The van der Waals surface area contributed by atoms with E-state index < -0.39 is 5.97 Å². The topological polar surface area (TPSA) is 65.5 Å². The number of aliphatic carboxylic acids is 1. The van der Waals surface area contributed by atoms with Crippen LogP contribution in [0.1, 0.15) is 38.3 Å². The first-order valence-electron chi connectivity index (χ1n) is 7.29. The van der Waals surface area contributed by atoms with Crippen molar-refractivity contribution in [3.8, 4) is 0 Å². The van der Waals surface area contributed by atoms with Gasteiger partial charge in [-0.2, -0.15) is 0 Å². The average Bonchev–Trinajstić information content (AvgIpc) is 2.83. The molecule has 1 saturated heterocycles. The molecule has 1 fully saturated rings. The van der Waals surface area contributed by atoms with Gasteiger partial charge in [-0.25, -0.2) is 4.98 Å². The maximum Gasteiger partial charge on any atom is 0.309 e. The Morgan fingerprint density at radius 2 is 2.45 bits per heavy atom. The summed E-state index contributed by atoms with van der Waals surface area (Å²) in [7, 11) is 0. The molecule has 1 unspecified atom stereocenters. The summed E-state index contributed by atoms with van der Waals surface area (Å²) in [5.74, 6) is -0.832. The average molecular weight is 297 g/mol. The van der Waals surface area contributed by atoms with Crippen molar-refractivity contribution in [1.29, 1.82) is 0 Å². The summed E-state index contributed by atoms with van der Waals surface area (Å²) in [6, 6.07) is 0.714. The van der Waals surface area contributed by atoms with Crippen molar-refractivity contribution in [2.45, 2.75) is 45.1 Å². The van der Waals surface area contributed by atoms with Crippen LogP contribution < -0.4 is 5.32 Å². The van der Waals surface area contributed by atoms with E-state index in [1.54, 1.807) is 0 Å². The number of thiazole rings is 1. The highest BCUT2D eigenvalue weighted by atomic mass is 32.1. The molecule has 0 aromatic carbocycles. The van der Waals surface area contributed by atoms with Gasteiger partial charge >= 0.3 is 5.97 Å². The Morgan fingerprint density at radius 1 is 1.60 bits per heavy atom. The van der Waals surface area contributed by atoms with E-state index in [4.69, 9.17) is 5.11 Å². The van der Waals surface area contributed by atoms with Gasteiger partial charge in [0, 0.05) is 24.5 Å². The first kappa shape index (κ1) is 15.3. The number of rotatable bonds is 7. The Bertz CT molecular complexity index is 436. The molecule has 1 aromatic heterocycles. The van der Waals surface area contributed by atoms with E-state index in [1.165, 1.54) is 37.1 Å². The first-order valence-corrected chi connectivity index (χ1v) is 8.17. The highest BCUT2D eigenvalue weighted by Gasteiger charge is 2.17. The minimum absolute atomic E-state index is 0.00344. The van der Waals surface area contributed by atoms with Crippen LogP contribution in [-0.2, 0) is 11.2 Å². The molecule has 0 aliphatic carbocycles. The van der Waals surface area contributed by atoms with Gasteiger partial charge in [0.25, 0.3) is 0 Å². The fourth-order valence-electron chi connectivity index (χ4n) is 2.59. The second kappa shape index (κ2) is 7.59. The smallest absolute Gasteiger partial charge is 0.309 e. The summed E-state index contributed by atoms with van der Waals surface area (Å²) in [6.45, 7) is 5.55. The van der Waals surface area contributed by atoms with Crippen LogP contribution >= 0.6 is 11.3 Å². The van der Waals surface area contributed by atoms with Crippen molar-refractivity contribution in [2.24, 2.45) is 0 Å². The van der Waals surface area contributed by atoms with Crippen molar-refractivity contribution in [1.82, 2.24) is 9.88 Å². The van der Waals surface area contributed by atoms with Gasteiger partial charge in [-0.05, 0) is 32.7 Å². The van der Waals surface area contributed by atoms with Crippen molar-refractivity contribution in [3.05, 3.63) is 11.1 Å². The predicted molar refractivity (Wildman–Crippen MR) is 81.4 cm³/mol. The maximum absolute atomic E-state index is 10.6. The minimum atomic E-state index is -0.832. The molecule has 1 aromatic rings. The standard InChI is InChI=1S/C14H23N3O2S/c1-11-5-2-3-7-17(11)8-4-6-15-14-16-12(10-20-14)9-13(18)19/h10-11H,2-9H2,1H3,(H,15,16)(H,18,19). The van der Waals surface area contributed by atoms with Gasteiger partial charge < -0.3 is 15.3 Å². The lowest BCUT2D eigenvalue weighted by molar-refractivity contribution is -0.136. The Hall–Kier alpha value is -1.14. The van der Waals surface area contributed by atoms with E-state index in [0.717, 1.165) is 24.6 Å². The van der Waals surface area contributed by atoms with Crippen LogP contribution in [0.3, 0.4) is 0 Å². The number of carboxylic acid groups (broad SMARTS) is 1. The Morgan fingerprint density at radius 3 is 3.20 bits per heavy atom. The quantitative estimate of drug-likeness (QED) is 0.757. The molecule has 5 nitrogen and oxygen atoms in total. The molecule has 0 saturated carbocycles. The van der Waals surface area contributed by atoms with Gasteiger partial charge in [0.15, 0.2) is 5.13 Å². The maximum atomic E-state index is 10.6. The SMILES string of the molecule is CC1CCCCN1CCCNc1nc(CC(=O)O)cs1. The third kappa shape index (κ3) is 4.76. The number of piperidine rings is 1.